The highest BCUT2D eigenvalue weighted by Crippen LogP contribution is 2.22. The fraction of sp³-hybridized carbons (Fsp3) is 0.316. The van der Waals surface area contributed by atoms with Gasteiger partial charge in [-0.15, -0.1) is 0 Å². The number of nitrogens with zero attached hydrogens (tertiary/aromatic N) is 1. The van der Waals surface area contributed by atoms with Crippen molar-refractivity contribution in [2.75, 3.05) is 18.1 Å². The molecule has 3 rings (SSSR count). The minimum absolute atomic E-state index is 0.0961. The van der Waals surface area contributed by atoms with Gasteiger partial charge in [-0.1, -0.05) is 0 Å². The Balaban J connectivity index is 1.60. The average Bonchev–Trinajstić information content (AvgIpc) is 3.17. The molecule has 0 bridgehead atoms. The van der Waals surface area contributed by atoms with Crippen LogP contribution in [0.4, 0.5) is 5.69 Å². The Morgan fingerprint density at radius 3 is 2.48 bits per heavy atom. The molecule has 0 atom stereocenters. The highest BCUT2D eigenvalue weighted by Gasteiger charge is 2.22. The summed E-state index contributed by atoms with van der Waals surface area (Å²) in [6, 6.07) is 8.35. The monoisotopic (exact) mass is 341 g/mol. The second-order valence-electron chi connectivity index (χ2n) is 6.02. The van der Waals surface area contributed by atoms with Gasteiger partial charge in [0.25, 0.3) is 0 Å². The number of amides is 1. The Hall–Kier alpha value is -2.89. The van der Waals surface area contributed by atoms with Crippen LogP contribution < -0.4 is 4.90 Å². The first-order chi connectivity index (χ1) is 12.0. The molecule has 1 aromatic carbocycles. The third kappa shape index (κ3) is 3.63. The van der Waals surface area contributed by atoms with Crippen LogP contribution >= 0.6 is 0 Å². The van der Waals surface area contributed by atoms with Crippen LogP contribution in [0.2, 0.25) is 0 Å². The fourth-order valence-electron chi connectivity index (χ4n) is 2.87. The number of ether oxygens (including phenoxy) is 1. The molecule has 1 aliphatic heterocycles. The number of aryl methyl sites for hydroxylation is 2. The zero-order valence-corrected chi connectivity index (χ0v) is 14.2. The Bertz CT molecular complexity index is 819. The second-order valence-corrected chi connectivity index (χ2v) is 6.02. The van der Waals surface area contributed by atoms with E-state index in [9.17, 15) is 14.4 Å². The van der Waals surface area contributed by atoms with Gasteiger partial charge in [0, 0.05) is 24.2 Å². The molecule has 1 amide bonds. The number of carbonyl (C=O) groups is 3. The number of Topliss-reactive ketones (excluding diaryl/α,β-unsaturated/α-hetero) is 1. The summed E-state index contributed by atoms with van der Waals surface area (Å²) in [6.07, 6.45) is 1.41. The van der Waals surface area contributed by atoms with E-state index in [4.69, 9.17) is 9.15 Å². The third-order valence-electron chi connectivity index (χ3n) is 4.17. The first-order valence-electron chi connectivity index (χ1n) is 8.13. The Labute approximate surface area is 145 Å². The predicted molar refractivity (Wildman–Crippen MR) is 90.8 cm³/mol. The Morgan fingerprint density at radius 1 is 1.20 bits per heavy atom. The molecular formula is C19H19NO5. The van der Waals surface area contributed by atoms with Gasteiger partial charge in [0.1, 0.15) is 17.1 Å². The second kappa shape index (κ2) is 6.93. The van der Waals surface area contributed by atoms with Gasteiger partial charge >= 0.3 is 5.97 Å². The van der Waals surface area contributed by atoms with Crippen molar-refractivity contribution in [2.24, 2.45) is 0 Å². The summed E-state index contributed by atoms with van der Waals surface area (Å²) in [6.45, 7) is 3.77. The van der Waals surface area contributed by atoms with E-state index in [1.54, 1.807) is 49.1 Å². The molecule has 6 heteroatoms. The lowest BCUT2D eigenvalue weighted by Gasteiger charge is -2.15. The summed E-state index contributed by atoms with van der Waals surface area (Å²) < 4.78 is 10.4. The van der Waals surface area contributed by atoms with Gasteiger partial charge in [-0.2, -0.15) is 0 Å². The third-order valence-corrected chi connectivity index (χ3v) is 4.17. The lowest BCUT2D eigenvalue weighted by molar-refractivity contribution is -0.117. The number of benzene rings is 1. The number of furan rings is 1. The number of anilines is 1. The quantitative estimate of drug-likeness (QED) is 0.617. The molecule has 1 aliphatic rings. The normalized spacial score (nSPS) is 14.0. The van der Waals surface area contributed by atoms with Crippen molar-refractivity contribution < 1.29 is 23.5 Å². The first kappa shape index (κ1) is 17.0. The van der Waals surface area contributed by atoms with Crippen LogP contribution in [0.15, 0.2) is 34.7 Å². The zero-order valence-electron chi connectivity index (χ0n) is 14.2. The van der Waals surface area contributed by atoms with Crippen LogP contribution in [0.25, 0.3) is 0 Å². The van der Waals surface area contributed by atoms with Crippen molar-refractivity contribution in [1.29, 1.82) is 0 Å². The molecule has 0 unspecified atom stereocenters. The SMILES string of the molecule is Cc1cc(C(=O)OCC(=O)c2ccc(N3CCCC3=O)cc2)c(C)o1. The molecule has 0 radical (unpaired) electrons. The average molecular weight is 341 g/mol. The van der Waals surface area contributed by atoms with Crippen molar-refractivity contribution >= 4 is 23.3 Å². The lowest BCUT2D eigenvalue weighted by Crippen LogP contribution is -2.23. The minimum Gasteiger partial charge on any atom is -0.466 e. The summed E-state index contributed by atoms with van der Waals surface area (Å²) in [4.78, 5) is 37.6. The molecule has 1 fully saturated rings. The van der Waals surface area contributed by atoms with Crippen LogP contribution in [-0.2, 0) is 9.53 Å². The zero-order chi connectivity index (χ0) is 18.0. The van der Waals surface area contributed by atoms with Crippen LogP contribution in [-0.4, -0.2) is 30.8 Å². The number of esters is 1. The van der Waals surface area contributed by atoms with Gasteiger partial charge in [0.15, 0.2) is 12.4 Å². The van der Waals surface area contributed by atoms with Crippen molar-refractivity contribution in [1.82, 2.24) is 0 Å². The van der Waals surface area contributed by atoms with Crippen molar-refractivity contribution in [2.45, 2.75) is 26.7 Å². The maximum absolute atomic E-state index is 12.2. The van der Waals surface area contributed by atoms with E-state index in [2.05, 4.69) is 0 Å². The highest BCUT2D eigenvalue weighted by atomic mass is 16.5. The van der Waals surface area contributed by atoms with E-state index in [0.717, 1.165) is 12.1 Å². The van der Waals surface area contributed by atoms with Crippen LogP contribution in [0.5, 0.6) is 0 Å². The van der Waals surface area contributed by atoms with E-state index in [1.165, 1.54) is 0 Å². The van der Waals surface area contributed by atoms with Crippen molar-refractivity contribution in [3.05, 3.63) is 53.0 Å². The number of hydrogen-bond acceptors (Lipinski definition) is 5. The lowest BCUT2D eigenvalue weighted by atomic mass is 10.1. The maximum Gasteiger partial charge on any atom is 0.342 e. The van der Waals surface area contributed by atoms with Crippen LogP contribution in [0.3, 0.4) is 0 Å². The summed E-state index contributed by atoms with van der Waals surface area (Å²) in [5, 5.41) is 0. The van der Waals surface area contributed by atoms with Gasteiger partial charge in [0.2, 0.25) is 5.91 Å². The molecule has 6 nitrogen and oxygen atoms in total. The molecule has 0 saturated carbocycles. The van der Waals surface area contributed by atoms with Gasteiger partial charge in [-0.05, 0) is 50.6 Å². The maximum atomic E-state index is 12.2. The summed E-state index contributed by atoms with van der Waals surface area (Å²) in [5.74, 6) is 0.295. The summed E-state index contributed by atoms with van der Waals surface area (Å²) >= 11 is 0. The molecule has 130 valence electrons. The fourth-order valence-corrected chi connectivity index (χ4v) is 2.87. The minimum atomic E-state index is -0.581. The Morgan fingerprint density at radius 2 is 1.92 bits per heavy atom. The van der Waals surface area contributed by atoms with Crippen LogP contribution in [0.1, 0.15) is 45.1 Å². The Kier molecular flexibility index (Phi) is 4.70. The molecule has 25 heavy (non-hydrogen) atoms. The number of carbonyl (C=O) groups excluding carboxylic acids is 3. The smallest absolute Gasteiger partial charge is 0.342 e. The molecule has 2 aromatic rings. The van der Waals surface area contributed by atoms with Gasteiger partial charge in [0.05, 0.1) is 0 Å². The molecule has 0 N–H and O–H groups in total. The first-order valence-corrected chi connectivity index (χ1v) is 8.13. The van der Waals surface area contributed by atoms with E-state index in [-0.39, 0.29) is 18.3 Å². The molecule has 2 heterocycles. The van der Waals surface area contributed by atoms with E-state index in [1.807, 2.05) is 0 Å². The molecular weight excluding hydrogens is 322 g/mol. The largest absolute Gasteiger partial charge is 0.466 e. The van der Waals surface area contributed by atoms with E-state index >= 15 is 0 Å². The summed E-state index contributed by atoms with van der Waals surface area (Å²) in [5.41, 5.74) is 1.54. The molecule has 0 aliphatic carbocycles. The number of ketones is 1. The van der Waals surface area contributed by atoms with E-state index < -0.39 is 5.97 Å². The molecule has 1 saturated heterocycles. The summed E-state index contributed by atoms with van der Waals surface area (Å²) in [7, 11) is 0. The highest BCUT2D eigenvalue weighted by molar-refractivity contribution is 6.00. The standard InChI is InChI=1S/C19H19NO5/c1-12-10-16(13(2)25-12)19(23)24-11-17(21)14-5-7-15(8-6-14)20-9-3-4-18(20)22/h5-8,10H,3-4,9,11H2,1-2H3. The van der Waals surface area contributed by atoms with Gasteiger partial charge in [-0.25, -0.2) is 4.79 Å². The number of hydrogen-bond donors (Lipinski definition) is 0. The van der Waals surface area contributed by atoms with Gasteiger partial charge < -0.3 is 14.1 Å². The van der Waals surface area contributed by atoms with Gasteiger partial charge in [-0.3, -0.25) is 9.59 Å². The number of rotatable bonds is 5. The predicted octanol–water partition coefficient (Wildman–Crippen LogP) is 3.06. The molecule has 0 spiro atoms. The van der Waals surface area contributed by atoms with Crippen molar-refractivity contribution in [3.8, 4) is 0 Å². The van der Waals surface area contributed by atoms with E-state index in [0.29, 0.717) is 35.6 Å². The van der Waals surface area contributed by atoms with Crippen LogP contribution in [0, 0.1) is 13.8 Å². The topological polar surface area (TPSA) is 76.8 Å². The molecule has 1 aromatic heterocycles. The van der Waals surface area contributed by atoms with Crippen molar-refractivity contribution in [3.63, 3.8) is 0 Å².